The van der Waals surface area contributed by atoms with Crippen LogP contribution in [-0.2, 0) is 13.6 Å². The lowest BCUT2D eigenvalue weighted by Crippen LogP contribution is -1.92. The van der Waals surface area contributed by atoms with Gasteiger partial charge in [0.15, 0.2) is 5.82 Å². The molecule has 1 aromatic heterocycles. The minimum absolute atomic E-state index is 0.00611. The van der Waals surface area contributed by atoms with Gasteiger partial charge in [0.05, 0.1) is 7.05 Å². The fraction of sp³-hybridized carbons (Fsp3) is 0.667. The minimum atomic E-state index is -0.00611. The van der Waals surface area contributed by atoms with Crippen molar-refractivity contribution in [2.45, 2.75) is 6.54 Å². The van der Waals surface area contributed by atoms with E-state index in [4.69, 9.17) is 0 Å². The monoisotopic (exact) mass is 127 g/mol. The first-order valence-corrected chi connectivity index (χ1v) is 2.35. The van der Waals surface area contributed by atoms with Crippen molar-refractivity contribution in [1.29, 1.82) is 0 Å². The van der Waals surface area contributed by atoms with Crippen molar-refractivity contribution in [3.63, 3.8) is 0 Å². The molecule has 0 aromatic carbocycles. The summed E-state index contributed by atoms with van der Waals surface area (Å²) in [7, 11) is 1.63. The summed E-state index contributed by atoms with van der Waals surface area (Å²) in [4.78, 5) is 10.9. The van der Waals surface area contributed by atoms with Gasteiger partial charge in [0, 0.05) is 0 Å². The van der Waals surface area contributed by atoms with Crippen molar-refractivity contribution in [2.24, 2.45) is 12.2 Å². The van der Waals surface area contributed by atoms with E-state index >= 15 is 0 Å². The first-order valence-electron chi connectivity index (χ1n) is 2.35. The van der Waals surface area contributed by atoms with Gasteiger partial charge in [-0.15, -0.1) is 10.2 Å². The first-order chi connectivity index (χ1) is 4.33. The maximum atomic E-state index is 9.62. The van der Waals surface area contributed by atoms with Gasteiger partial charge in [-0.25, -0.2) is 0 Å². The van der Waals surface area contributed by atoms with Gasteiger partial charge in [0.25, 0.3) is 0 Å². The van der Waals surface area contributed by atoms with Crippen LogP contribution in [0.25, 0.3) is 0 Å². The Kier molecular flexibility index (Phi) is 1.48. The molecule has 0 fully saturated rings. The van der Waals surface area contributed by atoms with Crippen LogP contribution < -0.4 is 0 Å². The third-order valence-corrected chi connectivity index (χ3v) is 0.756. The summed E-state index contributed by atoms with van der Waals surface area (Å²) in [6, 6.07) is 0. The largest absolute Gasteiger partial charge is 0.199 e. The lowest BCUT2D eigenvalue weighted by atomic mass is 10.6. The highest BCUT2D eigenvalue weighted by Crippen LogP contribution is 1.85. The number of rotatable bonds is 2. The predicted octanol–water partition coefficient (Wildman–Crippen LogP) is -0.524. The molecular formula is C3H5N5O. The zero-order valence-corrected chi connectivity index (χ0v) is 4.85. The average molecular weight is 127 g/mol. The Morgan fingerprint density at radius 1 is 1.78 bits per heavy atom. The second kappa shape index (κ2) is 2.29. The number of nitrogens with zero attached hydrogens (tertiary/aromatic N) is 5. The Balaban J connectivity index is 2.72. The molecule has 1 aromatic rings. The Bertz CT molecular complexity index is 206. The number of aromatic nitrogens is 4. The molecule has 0 unspecified atom stereocenters. The third kappa shape index (κ3) is 1.28. The molecule has 0 aliphatic rings. The Morgan fingerprint density at radius 3 is 3.00 bits per heavy atom. The first kappa shape index (κ1) is 5.80. The molecule has 0 atom stereocenters. The average Bonchev–Trinajstić information content (AvgIpc) is 2.17. The van der Waals surface area contributed by atoms with E-state index in [-0.39, 0.29) is 6.54 Å². The molecule has 6 heteroatoms. The molecule has 0 N–H and O–H groups in total. The van der Waals surface area contributed by atoms with Gasteiger partial charge < -0.3 is 0 Å². The second-order valence-corrected chi connectivity index (χ2v) is 1.48. The molecule has 0 saturated heterocycles. The van der Waals surface area contributed by atoms with Gasteiger partial charge in [-0.05, 0) is 5.21 Å². The lowest BCUT2D eigenvalue weighted by molar-refractivity contribution is 0.627. The maximum absolute atomic E-state index is 9.62. The van der Waals surface area contributed by atoms with Crippen LogP contribution in [0.2, 0.25) is 0 Å². The van der Waals surface area contributed by atoms with E-state index in [1.165, 1.54) is 4.80 Å². The minimum Gasteiger partial charge on any atom is -0.167 e. The predicted molar refractivity (Wildman–Crippen MR) is 28.3 cm³/mol. The van der Waals surface area contributed by atoms with Crippen LogP contribution in [0, 0.1) is 4.91 Å². The van der Waals surface area contributed by atoms with Gasteiger partial charge in [-0.2, -0.15) is 9.70 Å². The normalized spacial score (nSPS) is 9.44. The van der Waals surface area contributed by atoms with Crippen molar-refractivity contribution >= 4 is 0 Å². The molecule has 0 saturated carbocycles. The number of aryl methyl sites for hydroxylation is 1. The molecule has 1 rings (SSSR count). The quantitative estimate of drug-likeness (QED) is 0.501. The van der Waals surface area contributed by atoms with Crippen LogP contribution in [-0.4, -0.2) is 20.2 Å². The molecule has 48 valence electrons. The van der Waals surface area contributed by atoms with Gasteiger partial charge in [-0.1, -0.05) is 5.18 Å². The summed E-state index contributed by atoms with van der Waals surface area (Å²) >= 11 is 0. The van der Waals surface area contributed by atoms with E-state index in [0.29, 0.717) is 5.82 Å². The third-order valence-electron chi connectivity index (χ3n) is 0.756. The summed E-state index contributed by atoms with van der Waals surface area (Å²) in [6.07, 6.45) is 0. The second-order valence-electron chi connectivity index (χ2n) is 1.48. The fourth-order valence-electron chi connectivity index (χ4n) is 0.444. The zero-order chi connectivity index (χ0) is 6.69. The number of nitroso groups, excluding NO2 is 1. The van der Waals surface area contributed by atoms with E-state index in [1.807, 2.05) is 0 Å². The number of hydrogen-bond acceptors (Lipinski definition) is 5. The number of hydrogen-bond donors (Lipinski definition) is 0. The zero-order valence-electron chi connectivity index (χ0n) is 4.85. The lowest BCUT2D eigenvalue weighted by Gasteiger charge is -1.76. The van der Waals surface area contributed by atoms with Gasteiger partial charge in [0.1, 0.15) is 6.54 Å². The summed E-state index contributed by atoms with van der Waals surface area (Å²) < 4.78 is 0. The molecule has 0 aliphatic heterocycles. The Morgan fingerprint density at radius 2 is 2.56 bits per heavy atom. The van der Waals surface area contributed by atoms with Crippen LogP contribution in [0.4, 0.5) is 0 Å². The molecule has 0 bridgehead atoms. The van der Waals surface area contributed by atoms with E-state index < -0.39 is 0 Å². The number of tetrazole rings is 1. The molecule has 0 spiro atoms. The standard InChI is InChI=1S/C3H5N5O/c1-8-6-3(2-4-9)5-7-8/h2H2,1H3. The molecule has 9 heavy (non-hydrogen) atoms. The van der Waals surface area contributed by atoms with Crippen LogP contribution in [0.1, 0.15) is 5.82 Å². The van der Waals surface area contributed by atoms with E-state index in [0.717, 1.165) is 0 Å². The Hall–Kier alpha value is -1.33. The van der Waals surface area contributed by atoms with Crippen LogP contribution in [0.5, 0.6) is 0 Å². The smallest absolute Gasteiger partial charge is 0.167 e. The molecule has 0 radical (unpaired) electrons. The van der Waals surface area contributed by atoms with Crippen molar-refractivity contribution < 1.29 is 0 Å². The van der Waals surface area contributed by atoms with Gasteiger partial charge in [-0.3, -0.25) is 0 Å². The highest BCUT2D eigenvalue weighted by molar-refractivity contribution is 4.73. The molecular weight excluding hydrogens is 122 g/mol. The van der Waals surface area contributed by atoms with Crippen molar-refractivity contribution in [2.75, 3.05) is 0 Å². The van der Waals surface area contributed by atoms with Crippen LogP contribution in [0.15, 0.2) is 5.18 Å². The van der Waals surface area contributed by atoms with Crippen LogP contribution in [0.3, 0.4) is 0 Å². The van der Waals surface area contributed by atoms with Crippen molar-refractivity contribution in [1.82, 2.24) is 20.2 Å². The summed E-state index contributed by atoms with van der Waals surface area (Å²) in [6.45, 7) is -0.00611. The summed E-state index contributed by atoms with van der Waals surface area (Å²) in [5, 5.41) is 13.3. The molecule has 0 amide bonds. The van der Waals surface area contributed by atoms with Gasteiger partial charge in [0.2, 0.25) is 0 Å². The summed E-state index contributed by atoms with van der Waals surface area (Å²) in [5.74, 6) is 0.354. The van der Waals surface area contributed by atoms with Crippen molar-refractivity contribution in [3.8, 4) is 0 Å². The van der Waals surface area contributed by atoms with Crippen molar-refractivity contribution in [3.05, 3.63) is 10.7 Å². The Labute approximate surface area is 50.8 Å². The fourth-order valence-corrected chi connectivity index (χ4v) is 0.444. The van der Waals surface area contributed by atoms with E-state index in [2.05, 4.69) is 20.6 Å². The molecule has 6 nitrogen and oxygen atoms in total. The van der Waals surface area contributed by atoms with Crippen LogP contribution >= 0.6 is 0 Å². The summed E-state index contributed by atoms with van der Waals surface area (Å²) in [5.41, 5.74) is 0. The molecule has 0 aliphatic carbocycles. The van der Waals surface area contributed by atoms with E-state index in [1.54, 1.807) is 7.05 Å². The highest BCUT2D eigenvalue weighted by Gasteiger charge is 1.96. The topological polar surface area (TPSA) is 73.0 Å². The SMILES string of the molecule is Cn1nnc(CN=O)n1. The maximum Gasteiger partial charge on any atom is 0.199 e. The highest BCUT2D eigenvalue weighted by atomic mass is 16.3. The molecule has 1 heterocycles. The van der Waals surface area contributed by atoms with Gasteiger partial charge >= 0.3 is 0 Å². The van der Waals surface area contributed by atoms with E-state index in [9.17, 15) is 4.91 Å².